The molecule has 0 amide bonds. The molecule has 3 aromatic heterocycles. The van der Waals surface area contributed by atoms with E-state index in [0.717, 1.165) is 60.8 Å². The molecule has 0 saturated heterocycles. The Bertz CT molecular complexity index is 3960. The van der Waals surface area contributed by atoms with Crippen molar-refractivity contribution in [1.29, 1.82) is 0 Å². The van der Waals surface area contributed by atoms with Gasteiger partial charge in [0.25, 0.3) is 0 Å². The summed E-state index contributed by atoms with van der Waals surface area (Å²) in [4.78, 5) is 32.6. The first-order valence-electron chi connectivity index (χ1n) is 25.0. The Labute approximate surface area is 406 Å². The second-order valence-electron chi connectivity index (χ2n) is 25.8. The molecular formula is C65H64N2O2. The third kappa shape index (κ3) is 5.75. The lowest BCUT2D eigenvalue weighted by Crippen LogP contribution is -2.35. The second kappa shape index (κ2) is 13.4. The molecule has 4 heteroatoms. The molecule has 0 bridgehead atoms. The lowest BCUT2D eigenvalue weighted by atomic mass is 9.63. The molecule has 0 saturated carbocycles. The van der Waals surface area contributed by atoms with Gasteiger partial charge in [-0.3, -0.25) is 9.59 Å². The molecule has 1 aliphatic heterocycles. The highest BCUT2D eigenvalue weighted by Crippen LogP contribution is 2.62. The Morgan fingerprint density at radius 3 is 1.30 bits per heavy atom. The first kappa shape index (κ1) is 43.7. The average molecular weight is 905 g/mol. The zero-order valence-corrected chi connectivity index (χ0v) is 43.2. The molecule has 1 aliphatic carbocycles. The fourth-order valence-electron chi connectivity index (χ4n) is 12.3. The number of hydrogen-bond acceptors (Lipinski definition) is 2. The van der Waals surface area contributed by atoms with Crippen LogP contribution in [0.4, 0.5) is 0 Å². The van der Waals surface area contributed by atoms with Crippen molar-refractivity contribution in [2.24, 2.45) is 0 Å². The number of aromatic nitrogens is 2. The molecule has 4 heterocycles. The average Bonchev–Trinajstić information content (AvgIpc) is 3.76. The number of fused-ring (bicyclic) bond motifs is 11. The van der Waals surface area contributed by atoms with Crippen molar-refractivity contribution in [2.75, 3.05) is 0 Å². The summed E-state index contributed by atoms with van der Waals surface area (Å²) in [6.45, 7) is 34.0. The predicted molar refractivity (Wildman–Crippen MR) is 292 cm³/mol. The van der Waals surface area contributed by atoms with E-state index in [1.165, 1.54) is 38.9 Å². The van der Waals surface area contributed by atoms with Crippen LogP contribution in [-0.4, -0.2) is 8.97 Å². The van der Waals surface area contributed by atoms with Crippen LogP contribution in [0, 0.1) is 0 Å². The summed E-state index contributed by atoms with van der Waals surface area (Å²) in [5.74, 6) is 0. The van der Waals surface area contributed by atoms with Crippen LogP contribution in [0.15, 0.2) is 125 Å². The molecule has 0 radical (unpaired) electrons. The fourth-order valence-corrected chi connectivity index (χ4v) is 12.3. The van der Waals surface area contributed by atoms with Gasteiger partial charge >= 0.3 is 0 Å². The lowest BCUT2D eigenvalue weighted by Gasteiger charge is -2.41. The maximum absolute atomic E-state index is 16.5. The molecular weight excluding hydrogens is 841 g/mol. The van der Waals surface area contributed by atoms with Gasteiger partial charge in [0.15, 0.2) is 10.9 Å². The van der Waals surface area contributed by atoms with Gasteiger partial charge in [-0.05, 0) is 125 Å². The van der Waals surface area contributed by atoms with Crippen molar-refractivity contribution in [3.05, 3.63) is 186 Å². The Morgan fingerprint density at radius 2 is 0.812 bits per heavy atom. The molecule has 0 unspecified atom stereocenters. The Hall–Kier alpha value is -6.52. The van der Waals surface area contributed by atoms with Gasteiger partial charge in [0.1, 0.15) is 0 Å². The van der Waals surface area contributed by atoms with Crippen molar-refractivity contribution in [2.45, 2.75) is 136 Å². The number of benzene rings is 7. The third-order valence-corrected chi connectivity index (χ3v) is 16.2. The van der Waals surface area contributed by atoms with Crippen LogP contribution in [-0.2, 0) is 32.5 Å². The summed E-state index contributed by atoms with van der Waals surface area (Å²) in [6.07, 6.45) is 0. The lowest BCUT2D eigenvalue weighted by molar-refractivity contribution is 0.584. The fraction of sp³-hybridized carbons (Fsp3) is 0.323. The van der Waals surface area contributed by atoms with Gasteiger partial charge in [-0.1, -0.05) is 183 Å². The molecule has 4 nitrogen and oxygen atoms in total. The Balaban J connectivity index is 1.38. The largest absolute Gasteiger partial charge is 0.308 e. The molecule has 7 aromatic carbocycles. The van der Waals surface area contributed by atoms with Gasteiger partial charge < -0.3 is 8.97 Å². The van der Waals surface area contributed by atoms with Crippen molar-refractivity contribution in [3.8, 4) is 16.8 Å². The molecule has 0 atom stereocenters. The number of pyridine rings is 2. The van der Waals surface area contributed by atoms with E-state index in [0.29, 0.717) is 27.1 Å². The first-order chi connectivity index (χ1) is 32.2. The number of rotatable bonds is 1. The zero-order chi connectivity index (χ0) is 49.0. The summed E-state index contributed by atoms with van der Waals surface area (Å²) in [6, 6.07) is 42.9. The maximum Gasteiger partial charge on any atom is 0.199 e. The van der Waals surface area contributed by atoms with Gasteiger partial charge in [0.2, 0.25) is 0 Å². The van der Waals surface area contributed by atoms with Crippen molar-refractivity contribution in [3.63, 3.8) is 0 Å². The van der Waals surface area contributed by atoms with Crippen LogP contribution in [0.1, 0.15) is 154 Å². The van der Waals surface area contributed by atoms with Gasteiger partial charge in [-0.15, -0.1) is 0 Å². The smallest absolute Gasteiger partial charge is 0.199 e. The van der Waals surface area contributed by atoms with E-state index in [1.807, 2.05) is 0 Å². The third-order valence-electron chi connectivity index (χ3n) is 16.2. The van der Waals surface area contributed by atoms with E-state index in [4.69, 9.17) is 0 Å². The van der Waals surface area contributed by atoms with E-state index >= 15 is 9.59 Å². The van der Waals surface area contributed by atoms with E-state index in [2.05, 4.69) is 228 Å². The minimum Gasteiger partial charge on any atom is -0.308 e. The zero-order valence-electron chi connectivity index (χ0n) is 43.2. The maximum atomic E-state index is 16.5. The molecule has 0 fully saturated rings. The molecule has 10 aromatic rings. The van der Waals surface area contributed by atoms with Gasteiger partial charge in [-0.2, -0.15) is 0 Å². The number of hydrogen-bond donors (Lipinski definition) is 0. The molecule has 346 valence electrons. The van der Waals surface area contributed by atoms with Crippen molar-refractivity contribution < 1.29 is 0 Å². The quantitative estimate of drug-likeness (QED) is 0.122. The van der Waals surface area contributed by atoms with Crippen LogP contribution in [0.5, 0.6) is 0 Å². The summed E-state index contributed by atoms with van der Waals surface area (Å²) in [7, 11) is 0. The Morgan fingerprint density at radius 1 is 0.362 bits per heavy atom. The molecule has 0 N–H and O–H groups in total. The monoisotopic (exact) mass is 904 g/mol. The first-order valence-corrected chi connectivity index (χ1v) is 25.0. The Kier molecular flexibility index (Phi) is 8.50. The van der Waals surface area contributed by atoms with Gasteiger partial charge in [0, 0.05) is 32.6 Å². The van der Waals surface area contributed by atoms with Gasteiger partial charge in [0.05, 0.1) is 38.4 Å². The predicted octanol–water partition coefficient (Wildman–Crippen LogP) is 15.8. The van der Waals surface area contributed by atoms with Gasteiger partial charge in [-0.25, -0.2) is 0 Å². The molecule has 69 heavy (non-hydrogen) atoms. The van der Waals surface area contributed by atoms with Crippen LogP contribution in [0.25, 0.3) is 76.7 Å². The van der Waals surface area contributed by atoms with E-state index < -0.39 is 5.41 Å². The van der Waals surface area contributed by atoms with Crippen LogP contribution >= 0.6 is 0 Å². The van der Waals surface area contributed by atoms with Crippen LogP contribution in [0.3, 0.4) is 0 Å². The highest BCUT2D eigenvalue weighted by atomic mass is 16.1. The normalized spacial score (nSPS) is 14.8. The standard InChI is InChI=1S/C65H64N2O2/c1-60(2,3)35-20-24-40(25-21-35)66-52-19-17-16-18-41(52)44-34-47-57-53(56(44)66)59(69)46-31-39(64(13,14)15)33-51-55(46)67(57)54-45(58(47)68)30-38(63(10,11)12)32-50(54)65(51)48-26-22-36(61(4,5)6)28-42(48)43-29-37(62(7,8)9)23-27-49(43)65/h16-34H,1-15H3. The summed E-state index contributed by atoms with van der Waals surface area (Å²) < 4.78 is 4.66. The van der Waals surface area contributed by atoms with Crippen molar-refractivity contribution in [1.82, 2.24) is 8.97 Å². The molecule has 2 aliphatic rings. The minimum atomic E-state index is -0.853. The summed E-state index contributed by atoms with van der Waals surface area (Å²) in [5.41, 5.74) is 16.6. The summed E-state index contributed by atoms with van der Waals surface area (Å²) in [5, 5.41) is 4.45. The van der Waals surface area contributed by atoms with Crippen LogP contribution in [0.2, 0.25) is 0 Å². The summed E-state index contributed by atoms with van der Waals surface area (Å²) >= 11 is 0. The van der Waals surface area contributed by atoms with E-state index in [1.54, 1.807) is 0 Å². The highest BCUT2D eigenvalue weighted by Gasteiger charge is 2.52. The highest BCUT2D eigenvalue weighted by molar-refractivity contribution is 6.25. The second-order valence-corrected chi connectivity index (χ2v) is 25.8. The van der Waals surface area contributed by atoms with Crippen LogP contribution < -0.4 is 10.9 Å². The van der Waals surface area contributed by atoms with Crippen molar-refractivity contribution >= 4 is 59.9 Å². The SMILES string of the molecule is CC(C)(C)c1ccc(-n2c3ccccc3c3cc4c(=O)c5cc(C(C)(C)C)cc6c5n5c7c(cc(C(C)(C)C)cc7c(=O)c(c32)c45)C62c3ccc(C(C)(C)C)cc3-c3cc(C(C)(C)C)ccc32)cc1. The topological polar surface area (TPSA) is 43.5 Å². The molecule has 12 rings (SSSR count). The van der Waals surface area contributed by atoms with E-state index in [-0.39, 0.29) is 37.9 Å². The number of para-hydroxylation sites is 1. The number of nitrogens with zero attached hydrogens (tertiary/aromatic N) is 2. The molecule has 1 spiro atoms. The minimum absolute atomic E-state index is 0.0272. The van der Waals surface area contributed by atoms with E-state index in [9.17, 15) is 0 Å².